The Bertz CT molecular complexity index is 144. The van der Waals surface area contributed by atoms with Gasteiger partial charge in [0.2, 0.25) is 0 Å². The van der Waals surface area contributed by atoms with Crippen LogP contribution in [-0.4, -0.2) is 32.0 Å². The first-order chi connectivity index (χ1) is 6.77. The summed E-state index contributed by atoms with van der Waals surface area (Å²) >= 11 is 0. The second kappa shape index (κ2) is 6.38. The average Bonchev–Trinajstić information content (AvgIpc) is 2.59. The minimum absolute atomic E-state index is 0.0222. The van der Waals surface area contributed by atoms with Gasteiger partial charge in [0.15, 0.2) is 0 Å². The quantitative estimate of drug-likeness (QED) is 0.638. The van der Waals surface area contributed by atoms with Crippen molar-refractivity contribution in [2.45, 2.75) is 44.6 Å². The fraction of sp³-hybridized carbons (Fsp3) is 1.00. The molecule has 0 radical (unpaired) electrons. The van der Waals surface area contributed by atoms with Crippen LogP contribution in [0, 0.1) is 0 Å². The van der Waals surface area contributed by atoms with E-state index in [0.29, 0.717) is 0 Å². The molecule has 1 aliphatic carbocycles. The van der Waals surface area contributed by atoms with Crippen LogP contribution in [0.25, 0.3) is 0 Å². The van der Waals surface area contributed by atoms with Gasteiger partial charge in [0.05, 0.1) is 6.61 Å². The van der Waals surface area contributed by atoms with Gasteiger partial charge < -0.3 is 15.2 Å². The molecule has 1 fully saturated rings. The van der Waals surface area contributed by atoms with Crippen LogP contribution in [0.1, 0.15) is 39.0 Å². The molecule has 0 atom stereocenters. The highest BCUT2D eigenvalue weighted by molar-refractivity contribution is 4.88. The number of hydrogen-bond acceptors (Lipinski definition) is 3. The molecule has 0 aliphatic heterocycles. The van der Waals surface area contributed by atoms with Crippen molar-refractivity contribution in [2.24, 2.45) is 5.73 Å². The molecular formula is C11H23NO2. The first-order valence-corrected chi connectivity index (χ1v) is 5.71. The lowest BCUT2D eigenvalue weighted by atomic mass is 10.0. The molecule has 1 aliphatic rings. The van der Waals surface area contributed by atoms with Gasteiger partial charge in [0, 0.05) is 25.4 Å². The van der Waals surface area contributed by atoms with Crippen molar-refractivity contribution in [1.82, 2.24) is 0 Å². The molecule has 0 aromatic rings. The zero-order valence-electron chi connectivity index (χ0n) is 9.26. The summed E-state index contributed by atoms with van der Waals surface area (Å²) in [6.45, 7) is 5.10. The first kappa shape index (κ1) is 12.0. The summed E-state index contributed by atoms with van der Waals surface area (Å²) in [4.78, 5) is 0. The summed E-state index contributed by atoms with van der Waals surface area (Å²) < 4.78 is 10.8. The predicted octanol–water partition coefficient (Wildman–Crippen LogP) is 1.70. The van der Waals surface area contributed by atoms with Gasteiger partial charge in [-0.1, -0.05) is 12.8 Å². The van der Waals surface area contributed by atoms with Gasteiger partial charge in [-0.05, 0) is 26.2 Å². The summed E-state index contributed by atoms with van der Waals surface area (Å²) in [7, 11) is 0. The van der Waals surface area contributed by atoms with Crippen molar-refractivity contribution in [3.05, 3.63) is 0 Å². The SMILES string of the molecule is CCOCCCOCC1(N)CCCC1. The smallest absolute Gasteiger partial charge is 0.0646 e. The molecule has 0 spiro atoms. The lowest BCUT2D eigenvalue weighted by Gasteiger charge is -2.23. The molecule has 1 saturated carbocycles. The second-order valence-corrected chi connectivity index (χ2v) is 4.17. The fourth-order valence-electron chi connectivity index (χ4n) is 1.91. The molecule has 0 amide bonds. The summed E-state index contributed by atoms with van der Waals surface area (Å²) in [5.41, 5.74) is 6.12. The largest absolute Gasteiger partial charge is 0.382 e. The van der Waals surface area contributed by atoms with Crippen LogP contribution >= 0.6 is 0 Å². The van der Waals surface area contributed by atoms with Crippen molar-refractivity contribution in [2.75, 3.05) is 26.4 Å². The van der Waals surface area contributed by atoms with E-state index in [1.807, 2.05) is 6.92 Å². The first-order valence-electron chi connectivity index (χ1n) is 5.71. The maximum Gasteiger partial charge on any atom is 0.0646 e. The topological polar surface area (TPSA) is 44.5 Å². The van der Waals surface area contributed by atoms with E-state index in [-0.39, 0.29) is 5.54 Å². The highest BCUT2D eigenvalue weighted by atomic mass is 16.5. The number of hydrogen-bond donors (Lipinski definition) is 1. The lowest BCUT2D eigenvalue weighted by Crippen LogP contribution is -2.41. The predicted molar refractivity (Wildman–Crippen MR) is 57.3 cm³/mol. The number of nitrogens with two attached hydrogens (primary N) is 1. The summed E-state index contributed by atoms with van der Waals surface area (Å²) in [5, 5.41) is 0. The van der Waals surface area contributed by atoms with E-state index in [9.17, 15) is 0 Å². The Morgan fingerprint density at radius 3 is 2.43 bits per heavy atom. The Labute approximate surface area is 86.9 Å². The van der Waals surface area contributed by atoms with Crippen LogP contribution in [0.4, 0.5) is 0 Å². The van der Waals surface area contributed by atoms with E-state index >= 15 is 0 Å². The van der Waals surface area contributed by atoms with E-state index in [4.69, 9.17) is 15.2 Å². The molecule has 3 nitrogen and oxygen atoms in total. The molecule has 0 aromatic carbocycles. The van der Waals surface area contributed by atoms with E-state index in [0.717, 1.165) is 45.7 Å². The van der Waals surface area contributed by atoms with Crippen LogP contribution in [0.5, 0.6) is 0 Å². The maximum absolute atomic E-state index is 6.14. The Hall–Kier alpha value is -0.120. The minimum Gasteiger partial charge on any atom is -0.382 e. The molecule has 84 valence electrons. The maximum atomic E-state index is 6.14. The van der Waals surface area contributed by atoms with Crippen LogP contribution in [0.15, 0.2) is 0 Å². The van der Waals surface area contributed by atoms with Gasteiger partial charge in [-0.25, -0.2) is 0 Å². The Kier molecular flexibility index (Phi) is 5.45. The zero-order valence-corrected chi connectivity index (χ0v) is 9.26. The summed E-state index contributed by atoms with van der Waals surface area (Å²) in [5.74, 6) is 0. The average molecular weight is 201 g/mol. The normalized spacial score (nSPS) is 20.1. The summed E-state index contributed by atoms with van der Waals surface area (Å²) in [6.07, 6.45) is 5.75. The van der Waals surface area contributed by atoms with Crippen LogP contribution < -0.4 is 5.73 Å². The van der Waals surface area contributed by atoms with Gasteiger partial charge in [0.1, 0.15) is 0 Å². The monoisotopic (exact) mass is 201 g/mol. The minimum atomic E-state index is -0.0222. The van der Waals surface area contributed by atoms with E-state index in [2.05, 4.69) is 0 Å². The van der Waals surface area contributed by atoms with Crippen molar-refractivity contribution in [3.8, 4) is 0 Å². The molecule has 0 saturated heterocycles. The third kappa shape index (κ3) is 4.40. The lowest BCUT2D eigenvalue weighted by molar-refractivity contribution is 0.0616. The molecule has 2 N–H and O–H groups in total. The molecule has 0 bridgehead atoms. The van der Waals surface area contributed by atoms with Crippen LogP contribution in [-0.2, 0) is 9.47 Å². The van der Waals surface area contributed by atoms with Crippen molar-refractivity contribution in [1.29, 1.82) is 0 Å². The second-order valence-electron chi connectivity index (χ2n) is 4.17. The highest BCUT2D eigenvalue weighted by Crippen LogP contribution is 2.27. The highest BCUT2D eigenvalue weighted by Gasteiger charge is 2.29. The molecular weight excluding hydrogens is 178 g/mol. The molecule has 3 heteroatoms. The number of rotatable bonds is 7. The van der Waals surface area contributed by atoms with Gasteiger partial charge in [0.25, 0.3) is 0 Å². The molecule has 0 heterocycles. The van der Waals surface area contributed by atoms with E-state index in [1.165, 1.54) is 12.8 Å². The third-order valence-corrected chi connectivity index (χ3v) is 2.77. The Morgan fingerprint density at radius 2 is 1.79 bits per heavy atom. The standard InChI is InChI=1S/C11H23NO2/c1-2-13-8-5-9-14-10-11(12)6-3-4-7-11/h2-10,12H2,1H3. The summed E-state index contributed by atoms with van der Waals surface area (Å²) in [6, 6.07) is 0. The molecule has 0 unspecified atom stereocenters. The fourth-order valence-corrected chi connectivity index (χ4v) is 1.91. The Morgan fingerprint density at radius 1 is 1.14 bits per heavy atom. The zero-order chi connectivity index (χ0) is 10.3. The molecule has 1 rings (SSSR count). The van der Waals surface area contributed by atoms with Gasteiger partial charge in [-0.2, -0.15) is 0 Å². The van der Waals surface area contributed by atoms with E-state index in [1.54, 1.807) is 0 Å². The van der Waals surface area contributed by atoms with Crippen molar-refractivity contribution >= 4 is 0 Å². The number of ether oxygens (including phenoxy) is 2. The van der Waals surface area contributed by atoms with Crippen LogP contribution in [0.3, 0.4) is 0 Å². The van der Waals surface area contributed by atoms with Gasteiger partial charge in [-0.3, -0.25) is 0 Å². The van der Waals surface area contributed by atoms with Gasteiger partial charge in [-0.15, -0.1) is 0 Å². The Balaban J connectivity index is 1.92. The van der Waals surface area contributed by atoms with Crippen molar-refractivity contribution < 1.29 is 9.47 Å². The van der Waals surface area contributed by atoms with Crippen molar-refractivity contribution in [3.63, 3.8) is 0 Å². The van der Waals surface area contributed by atoms with E-state index < -0.39 is 0 Å². The van der Waals surface area contributed by atoms with Gasteiger partial charge >= 0.3 is 0 Å². The van der Waals surface area contributed by atoms with Crippen LogP contribution in [0.2, 0.25) is 0 Å². The third-order valence-electron chi connectivity index (χ3n) is 2.77. The molecule has 14 heavy (non-hydrogen) atoms. The molecule has 0 aromatic heterocycles.